The zero-order valence-corrected chi connectivity index (χ0v) is 13.4. The topological polar surface area (TPSA) is 38.0 Å². The SMILES string of the molecule is CC1CCC(C(NN)c2cc3cc(F)ccc3s2)CC1C. The summed E-state index contributed by atoms with van der Waals surface area (Å²) in [6.45, 7) is 4.68. The van der Waals surface area contributed by atoms with Gasteiger partial charge in [0.1, 0.15) is 5.82 Å². The van der Waals surface area contributed by atoms with Crippen LogP contribution in [0, 0.1) is 23.6 Å². The molecule has 0 bridgehead atoms. The highest BCUT2D eigenvalue weighted by molar-refractivity contribution is 7.19. The Morgan fingerprint density at radius 2 is 2.05 bits per heavy atom. The van der Waals surface area contributed by atoms with Crippen molar-refractivity contribution in [2.24, 2.45) is 23.6 Å². The van der Waals surface area contributed by atoms with Crippen LogP contribution in [0.2, 0.25) is 0 Å². The number of hydrogen-bond acceptors (Lipinski definition) is 3. The molecule has 4 unspecified atom stereocenters. The van der Waals surface area contributed by atoms with Crippen LogP contribution in [-0.4, -0.2) is 0 Å². The third kappa shape index (κ3) is 2.98. The lowest BCUT2D eigenvalue weighted by Crippen LogP contribution is -2.36. The third-order valence-corrected chi connectivity index (χ3v) is 6.29. The van der Waals surface area contributed by atoms with E-state index in [-0.39, 0.29) is 11.9 Å². The van der Waals surface area contributed by atoms with Crippen molar-refractivity contribution < 1.29 is 4.39 Å². The Morgan fingerprint density at radius 3 is 2.76 bits per heavy atom. The number of benzene rings is 1. The van der Waals surface area contributed by atoms with Gasteiger partial charge in [-0.1, -0.05) is 20.3 Å². The summed E-state index contributed by atoms with van der Waals surface area (Å²) in [4.78, 5) is 1.23. The molecule has 2 nitrogen and oxygen atoms in total. The van der Waals surface area contributed by atoms with Crippen molar-refractivity contribution in [1.82, 2.24) is 5.43 Å². The number of rotatable bonds is 3. The van der Waals surface area contributed by atoms with E-state index in [0.29, 0.717) is 5.92 Å². The normalized spacial score (nSPS) is 27.9. The second-order valence-corrected chi connectivity index (χ2v) is 7.62. The quantitative estimate of drug-likeness (QED) is 0.641. The summed E-state index contributed by atoms with van der Waals surface area (Å²) in [7, 11) is 0. The Hall–Kier alpha value is -0.970. The van der Waals surface area contributed by atoms with Gasteiger partial charge in [-0.25, -0.2) is 4.39 Å². The summed E-state index contributed by atoms with van der Waals surface area (Å²) in [5, 5.41) is 0.979. The summed E-state index contributed by atoms with van der Waals surface area (Å²) in [6, 6.07) is 7.26. The molecule has 1 aromatic carbocycles. The molecule has 0 spiro atoms. The molecule has 1 saturated carbocycles. The molecule has 114 valence electrons. The van der Waals surface area contributed by atoms with Gasteiger partial charge in [-0.2, -0.15) is 0 Å². The minimum absolute atomic E-state index is 0.177. The average molecular weight is 306 g/mol. The Labute approximate surface area is 129 Å². The zero-order chi connectivity index (χ0) is 15.0. The van der Waals surface area contributed by atoms with Gasteiger partial charge in [0.05, 0.1) is 6.04 Å². The number of hydrogen-bond donors (Lipinski definition) is 2. The minimum atomic E-state index is -0.177. The fourth-order valence-corrected chi connectivity index (χ4v) is 4.73. The van der Waals surface area contributed by atoms with Crippen molar-refractivity contribution in [3.05, 3.63) is 35.0 Å². The van der Waals surface area contributed by atoms with Crippen LogP contribution >= 0.6 is 11.3 Å². The van der Waals surface area contributed by atoms with Crippen molar-refractivity contribution >= 4 is 21.4 Å². The first-order valence-corrected chi connectivity index (χ1v) is 8.55. The molecule has 0 amide bonds. The third-order valence-electron chi connectivity index (χ3n) is 5.09. The van der Waals surface area contributed by atoms with E-state index in [9.17, 15) is 4.39 Å². The summed E-state index contributed by atoms with van der Waals surface area (Å²) in [6.07, 6.45) is 3.69. The molecule has 0 saturated heterocycles. The van der Waals surface area contributed by atoms with E-state index in [0.717, 1.165) is 21.9 Å². The molecule has 3 N–H and O–H groups in total. The monoisotopic (exact) mass is 306 g/mol. The highest BCUT2D eigenvalue weighted by Gasteiger charge is 2.31. The van der Waals surface area contributed by atoms with E-state index < -0.39 is 0 Å². The lowest BCUT2D eigenvalue weighted by Gasteiger charge is -2.36. The van der Waals surface area contributed by atoms with Crippen LogP contribution in [0.25, 0.3) is 10.1 Å². The van der Waals surface area contributed by atoms with Gasteiger partial charge in [0, 0.05) is 9.58 Å². The molecule has 1 fully saturated rings. The molecule has 4 heteroatoms. The number of nitrogens with one attached hydrogen (secondary N) is 1. The first-order chi connectivity index (χ1) is 10.1. The second-order valence-electron chi connectivity index (χ2n) is 6.50. The largest absolute Gasteiger partial charge is 0.271 e. The maximum Gasteiger partial charge on any atom is 0.123 e. The Morgan fingerprint density at radius 1 is 1.24 bits per heavy atom. The van der Waals surface area contributed by atoms with E-state index >= 15 is 0 Å². The maximum absolute atomic E-state index is 13.3. The van der Waals surface area contributed by atoms with Gasteiger partial charge in [0.15, 0.2) is 0 Å². The van der Waals surface area contributed by atoms with Crippen molar-refractivity contribution in [2.75, 3.05) is 0 Å². The first-order valence-electron chi connectivity index (χ1n) is 7.73. The van der Waals surface area contributed by atoms with E-state index in [1.54, 1.807) is 17.4 Å². The summed E-state index contributed by atoms with van der Waals surface area (Å²) in [5.74, 6) is 7.79. The maximum atomic E-state index is 13.3. The summed E-state index contributed by atoms with van der Waals surface area (Å²) >= 11 is 1.73. The van der Waals surface area contributed by atoms with Gasteiger partial charge >= 0.3 is 0 Å². The van der Waals surface area contributed by atoms with Crippen LogP contribution in [0.5, 0.6) is 0 Å². The molecule has 3 rings (SSSR count). The lowest BCUT2D eigenvalue weighted by molar-refractivity contribution is 0.173. The van der Waals surface area contributed by atoms with Crippen molar-refractivity contribution in [3.8, 4) is 0 Å². The number of nitrogens with two attached hydrogens (primary N) is 1. The van der Waals surface area contributed by atoms with E-state index in [1.807, 2.05) is 6.07 Å². The van der Waals surface area contributed by atoms with Crippen LogP contribution in [-0.2, 0) is 0 Å². The van der Waals surface area contributed by atoms with E-state index in [1.165, 1.54) is 30.2 Å². The predicted octanol–water partition coefficient (Wildman–Crippen LogP) is 4.62. The summed E-state index contributed by atoms with van der Waals surface area (Å²) in [5.41, 5.74) is 3.02. The Balaban J connectivity index is 1.87. The van der Waals surface area contributed by atoms with Crippen molar-refractivity contribution in [3.63, 3.8) is 0 Å². The molecule has 1 aliphatic rings. The molecule has 0 aliphatic heterocycles. The fourth-order valence-electron chi connectivity index (χ4n) is 3.53. The van der Waals surface area contributed by atoms with Crippen LogP contribution in [0.1, 0.15) is 44.0 Å². The smallest absolute Gasteiger partial charge is 0.123 e. The number of hydrazine groups is 1. The molecule has 2 aromatic rings. The van der Waals surface area contributed by atoms with E-state index in [2.05, 4.69) is 25.3 Å². The number of fused-ring (bicyclic) bond motifs is 1. The molecule has 1 aromatic heterocycles. The molecule has 1 heterocycles. The highest BCUT2D eigenvalue weighted by Crippen LogP contribution is 2.42. The summed E-state index contributed by atoms with van der Waals surface area (Å²) < 4.78 is 14.5. The molecule has 21 heavy (non-hydrogen) atoms. The minimum Gasteiger partial charge on any atom is -0.271 e. The van der Waals surface area contributed by atoms with Gasteiger partial charge in [0.25, 0.3) is 0 Å². The van der Waals surface area contributed by atoms with Gasteiger partial charge in [-0.3, -0.25) is 11.3 Å². The van der Waals surface area contributed by atoms with Gasteiger partial charge in [0.2, 0.25) is 0 Å². The van der Waals surface area contributed by atoms with Crippen LogP contribution in [0.3, 0.4) is 0 Å². The van der Waals surface area contributed by atoms with Crippen molar-refractivity contribution in [1.29, 1.82) is 0 Å². The number of thiophene rings is 1. The van der Waals surface area contributed by atoms with Crippen LogP contribution in [0.15, 0.2) is 24.3 Å². The molecule has 1 aliphatic carbocycles. The molecular formula is C17H23FN2S. The average Bonchev–Trinajstić information content (AvgIpc) is 2.86. The molecule has 0 radical (unpaired) electrons. The predicted molar refractivity (Wildman–Crippen MR) is 87.5 cm³/mol. The fraction of sp³-hybridized carbons (Fsp3) is 0.529. The van der Waals surface area contributed by atoms with Crippen LogP contribution in [0.4, 0.5) is 4.39 Å². The first kappa shape index (κ1) is 14.9. The zero-order valence-electron chi connectivity index (χ0n) is 12.6. The lowest BCUT2D eigenvalue weighted by atomic mass is 9.73. The van der Waals surface area contributed by atoms with Gasteiger partial charge in [-0.05, 0) is 60.2 Å². The standard InChI is InChI=1S/C17H23FN2S/c1-10-3-4-12(7-11(10)2)17(20-19)16-9-13-8-14(18)5-6-15(13)21-16/h5-6,8-12,17,20H,3-4,7,19H2,1-2H3. The molecule has 4 atom stereocenters. The Kier molecular flexibility index (Phi) is 4.29. The number of halogens is 1. The van der Waals surface area contributed by atoms with Gasteiger partial charge in [-0.15, -0.1) is 11.3 Å². The van der Waals surface area contributed by atoms with Gasteiger partial charge < -0.3 is 0 Å². The highest BCUT2D eigenvalue weighted by atomic mass is 32.1. The Bertz CT molecular complexity index is 624. The molecular weight excluding hydrogens is 283 g/mol. The van der Waals surface area contributed by atoms with Crippen molar-refractivity contribution in [2.45, 2.75) is 39.2 Å². The second kappa shape index (κ2) is 6.03. The van der Waals surface area contributed by atoms with Crippen LogP contribution < -0.4 is 11.3 Å². The van der Waals surface area contributed by atoms with E-state index in [4.69, 9.17) is 5.84 Å².